The summed E-state index contributed by atoms with van der Waals surface area (Å²) in [6.07, 6.45) is 2.02. The predicted octanol–water partition coefficient (Wildman–Crippen LogP) is 0.304. The minimum atomic E-state index is -1.04. The van der Waals surface area contributed by atoms with Gasteiger partial charge in [0.25, 0.3) is 0 Å². The van der Waals surface area contributed by atoms with E-state index in [1.165, 1.54) is 16.7 Å². The first-order chi connectivity index (χ1) is 7.67. The Labute approximate surface area is 90.3 Å². The first-order valence-corrected chi connectivity index (χ1v) is 4.57. The Morgan fingerprint density at radius 3 is 2.88 bits per heavy atom. The summed E-state index contributed by atoms with van der Waals surface area (Å²) in [4.78, 5) is 25.5. The Balaban J connectivity index is 2.76. The summed E-state index contributed by atoms with van der Waals surface area (Å²) in [7, 11) is 0. The summed E-state index contributed by atoms with van der Waals surface area (Å²) in [6, 6.07) is 2.96. The average Bonchev–Trinajstić information content (AvgIpc) is 2.65. The largest absolute Gasteiger partial charge is 0.478 e. The van der Waals surface area contributed by atoms with E-state index in [2.05, 4.69) is 4.98 Å². The van der Waals surface area contributed by atoms with Crippen LogP contribution < -0.4 is 5.73 Å². The molecule has 2 aromatic heterocycles. The molecule has 0 radical (unpaired) electrons. The van der Waals surface area contributed by atoms with Crippen LogP contribution in [0, 0.1) is 0 Å². The monoisotopic (exact) mass is 219 g/mol. The van der Waals surface area contributed by atoms with Crippen LogP contribution in [0.25, 0.3) is 5.52 Å². The van der Waals surface area contributed by atoms with Gasteiger partial charge in [0.15, 0.2) is 6.29 Å². The number of carbonyl (C=O) groups excluding carboxylic acids is 1. The zero-order chi connectivity index (χ0) is 11.7. The van der Waals surface area contributed by atoms with E-state index in [1.54, 1.807) is 6.07 Å². The fourth-order valence-electron chi connectivity index (χ4n) is 1.53. The maximum Gasteiger partial charge on any atom is 0.337 e. The third-order valence-corrected chi connectivity index (χ3v) is 2.28. The number of rotatable bonds is 3. The Kier molecular flexibility index (Phi) is 2.41. The standard InChI is InChI=1S/C10H9N3O3/c11-3-9-12-7(5-14)8-2-1-6(10(15)16)4-13(8)9/h1-2,4-5H,3,11H2,(H,15,16). The molecule has 0 aromatic carbocycles. The highest BCUT2D eigenvalue weighted by Gasteiger charge is 2.11. The van der Waals surface area contributed by atoms with Crippen LogP contribution in [-0.2, 0) is 6.54 Å². The van der Waals surface area contributed by atoms with Crippen molar-refractivity contribution in [2.75, 3.05) is 0 Å². The van der Waals surface area contributed by atoms with E-state index in [-0.39, 0.29) is 17.8 Å². The lowest BCUT2D eigenvalue weighted by Crippen LogP contribution is -2.04. The van der Waals surface area contributed by atoms with E-state index in [0.717, 1.165) is 0 Å². The molecule has 0 aliphatic heterocycles. The molecule has 0 saturated carbocycles. The van der Waals surface area contributed by atoms with Crippen molar-refractivity contribution in [3.05, 3.63) is 35.4 Å². The number of hydrogen-bond acceptors (Lipinski definition) is 4. The molecule has 2 heterocycles. The first kappa shape index (κ1) is 10.3. The highest BCUT2D eigenvalue weighted by molar-refractivity contribution is 5.89. The highest BCUT2D eigenvalue weighted by atomic mass is 16.4. The normalized spacial score (nSPS) is 10.6. The summed E-state index contributed by atoms with van der Waals surface area (Å²) in [6.45, 7) is 0.137. The van der Waals surface area contributed by atoms with E-state index in [4.69, 9.17) is 10.8 Å². The molecule has 16 heavy (non-hydrogen) atoms. The molecule has 0 saturated heterocycles. The summed E-state index contributed by atoms with van der Waals surface area (Å²) >= 11 is 0. The van der Waals surface area contributed by atoms with E-state index >= 15 is 0 Å². The molecule has 6 nitrogen and oxygen atoms in total. The van der Waals surface area contributed by atoms with Gasteiger partial charge in [0.05, 0.1) is 17.6 Å². The Morgan fingerprint density at radius 2 is 2.31 bits per heavy atom. The highest BCUT2D eigenvalue weighted by Crippen LogP contribution is 2.13. The molecule has 0 amide bonds. The molecule has 6 heteroatoms. The van der Waals surface area contributed by atoms with E-state index < -0.39 is 5.97 Å². The lowest BCUT2D eigenvalue weighted by Gasteiger charge is -2.00. The van der Waals surface area contributed by atoms with Crippen molar-refractivity contribution >= 4 is 17.8 Å². The maximum absolute atomic E-state index is 10.8. The number of aromatic nitrogens is 2. The molecule has 3 N–H and O–H groups in total. The number of nitrogens with two attached hydrogens (primary N) is 1. The van der Waals surface area contributed by atoms with Gasteiger partial charge in [-0.3, -0.25) is 4.79 Å². The number of carbonyl (C=O) groups is 2. The van der Waals surface area contributed by atoms with Crippen LogP contribution in [-0.4, -0.2) is 26.7 Å². The van der Waals surface area contributed by atoms with Crippen molar-refractivity contribution in [1.82, 2.24) is 9.38 Å². The van der Waals surface area contributed by atoms with Gasteiger partial charge in [-0.1, -0.05) is 0 Å². The average molecular weight is 219 g/mol. The van der Waals surface area contributed by atoms with Gasteiger partial charge in [-0.05, 0) is 12.1 Å². The zero-order valence-electron chi connectivity index (χ0n) is 8.25. The molecule has 0 aliphatic carbocycles. The number of nitrogens with zero attached hydrogens (tertiary/aromatic N) is 2. The molecule has 0 fully saturated rings. The molecule has 0 atom stereocenters. The SMILES string of the molecule is NCc1nc(C=O)c2ccc(C(=O)O)cn12. The smallest absolute Gasteiger partial charge is 0.337 e. The Morgan fingerprint density at radius 1 is 1.56 bits per heavy atom. The minimum absolute atomic E-state index is 0.122. The van der Waals surface area contributed by atoms with Crippen LogP contribution in [0.1, 0.15) is 26.7 Å². The number of aldehydes is 1. The number of hydrogen-bond donors (Lipinski definition) is 2. The van der Waals surface area contributed by atoms with Gasteiger partial charge in [0, 0.05) is 6.20 Å². The quantitative estimate of drug-likeness (QED) is 0.723. The third-order valence-electron chi connectivity index (χ3n) is 2.28. The zero-order valence-corrected chi connectivity index (χ0v) is 8.25. The topological polar surface area (TPSA) is 97.7 Å². The van der Waals surface area contributed by atoms with Gasteiger partial charge in [-0.25, -0.2) is 9.78 Å². The van der Waals surface area contributed by atoms with Gasteiger partial charge in [-0.2, -0.15) is 0 Å². The number of fused-ring (bicyclic) bond motifs is 1. The Bertz CT molecular complexity index is 574. The molecule has 2 rings (SSSR count). The predicted molar refractivity (Wildman–Crippen MR) is 55.4 cm³/mol. The van der Waals surface area contributed by atoms with Crippen molar-refractivity contribution in [3.63, 3.8) is 0 Å². The number of carboxylic acids is 1. The van der Waals surface area contributed by atoms with Gasteiger partial charge in [-0.15, -0.1) is 0 Å². The second-order valence-electron chi connectivity index (χ2n) is 3.21. The van der Waals surface area contributed by atoms with Crippen molar-refractivity contribution < 1.29 is 14.7 Å². The second-order valence-corrected chi connectivity index (χ2v) is 3.21. The number of carboxylic acid groups (broad SMARTS) is 1. The minimum Gasteiger partial charge on any atom is -0.478 e. The lowest BCUT2D eigenvalue weighted by atomic mass is 10.2. The number of pyridine rings is 1. The fraction of sp³-hybridized carbons (Fsp3) is 0.100. The Hall–Kier alpha value is -2.21. The van der Waals surface area contributed by atoms with Crippen LogP contribution >= 0.6 is 0 Å². The molecular formula is C10H9N3O3. The van der Waals surface area contributed by atoms with Gasteiger partial charge in [0.2, 0.25) is 0 Å². The maximum atomic E-state index is 10.8. The molecule has 0 spiro atoms. The first-order valence-electron chi connectivity index (χ1n) is 4.57. The number of aromatic carboxylic acids is 1. The molecule has 0 unspecified atom stereocenters. The van der Waals surface area contributed by atoms with E-state index in [0.29, 0.717) is 17.6 Å². The summed E-state index contributed by atoms with van der Waals surface area (Å²) in [5.41, 5.74) is 6.40. The van der Waals surface area contributed by atoms with Crippen LogP contribution in [0.4, 0.5) is 0 Å². The van der Waals surface area contributed by atoms with E-state index in [1.807, 2.05) is 0 Å². The summed E-state index contributed by atoms with van der Waals surface area (Å²) in [5, 5.41) is 8.84. The second kappa shape index (κ2) is 3.74. The molecular weight excluding hydrogens is 210 g/mol. The number of imidazole rings is 1. The van der Waals surface area contributed by atoms with Crippen LogP contribution in [0.15, 0.2) is 18.3 Å². The van der Waals surface area contributed by atoms with Crippen molar-refractivity contribution in [3.8, 4) is 0 Å². The van der Waals surface area contributed by atoms with E-state index in [9.17, 15) is 9.59 Å². The fourth-order valence-corrected chi connectivity index (χ4v) is 1.53. The molecule has 2 aromatic rings. The van der Waals surface area contributed by atoms with Crippen LogP contribution in [0.3, 0.4) is 0 Å². The van der Waals surface area contributed by atoms with Gasteiger partial charge in [0.1, 0.15) is 11.5 Å². The summed E-state index contributed by atoms with van der Waals surface area (Å²) in [5.74, 6) is -0.577. The van der Waals surface area contributed by atoms with Crippen LogP contribution in [0.5, 0.6) is 0 Å². The lowest BCUT2D eigenvalue weighted by molar-refractivity contribution is 0.0696. The molecule has 0 bridgehead atoms. The molecule has 0 aliphatic rings. The van der Waals surface area contributed by atoms with Crippen molar-refractivity contribution in [2.24, 2.45) is 5.73 Å². The van der Waals surface area contributed by atoms with Gasteiger partial charge >= 0.3 is 5.97 Å². The third kappa shape index (κ3) is 1.45. The van der Waals surface area contributed by atoms with Gasteiger partial charge < -0.3 is 15.2 Å². The van der Waals surface area contributed by atoms with Crippen molar-refractivity contribution in [1.29, 1.82) is 0 Å². The molecule has 82 valence electrons. The summed E-state index contributed by atoms with van der Waals surface area (Å²) < 4.78 is 1.52. The van der Waals surface area contributed by atoms with Crippen LogP contribution in [0.2, 0.25) is 0 Å². The van der Waals surface area contributed by atoms with Crippen molar-refractivity contribution in [2.45, 2.75) is 6.54 Å².